The minimum absolute atomic E-state index is 0.238. The molecule has 1 aromatic heterocycles. The quantitative estimate of drug-likeness (QED) is 0.885. The molecule has 1 aromatic carbocycles. The number of hydrogen-bond acceptors (Lipinski definition) is 3. The van der Waals surface area contributed by atoms with E-state index >= 15 is 0 Å². The summed E-state index contributed by atoms with van der Waals surface area (Å²) in [6.07, 6.45) is -4.62. The molecule has 0 aliphatic rings. The molecule has 1 heterocycles. The first-order valence-corrected chi connectivity index (χ1v) is 6.93. The standard InChI is InChI=1S/C12H7BrF3NO2S/c13-10-8(5-9(18)19)17-11(20-10)6-1-3-7(4-2-6)12(14,15)16/h1-4H,5H2,(H,18,19). The molecule has 0 bridgehead atoms. The van der Waals surface area contributed by atoms with Gasteiger partial charge in [-0.3, -0.25) is 4.79 Å². The first-order valence-electron chi connectivity index (χ1n) is 5.32. The molecule has 2 aromatic rings. The lowest BCUT2D eigenvalue weighted by Crippen LogP contribution is -2.04. The van der Waals surface area contributed by atoms with Crippen LogP contribution in [0.4, 0.5) is 13.2 Å². The van der Waals surface area contributed by atoms with E-state index < -0.39 is 17.7 Å². The predicted octanol–water partition coefficient (Wildman–Crippen LogP) is 4.22. The summed E-state index contributed by atoms with van der Waals surface area (Å²) in [5, 5.41) is 9.19. The average Bonchev–Trinajstić information content (AvgIpc) is 2.69. The predicted molar refractivity (Wildman–Crippen MR) is 71.6 cm³/mol. The van der Waals surface area contributed by atoms with Crippen LogP contribution in [0.2, 0.25) is 0 Å². The Morgan fingerprint density at radius 1 is 1.30 bits per heavy atom. The summed E-state index contributed by atoms with van der Waals surface area (Å²) < 4.78 is 37.9. The highest BCUT2D eigenvalue weighted by Gasteiger charge is 2.30. The smallest absolute Gasteiger partial charge is 0.416 e. The topological polar surface area (TPSA) is 50.2 Å². The fourth-order valence-electron chi connectivity index (χ4n) is 1.51. The van der Waals surface area contributed by atoms with Crippen LogP contribution in [0.15, 0.2) is 28.1 Å². The molecule has 0 fully saturated rings. The summed E-state index contributed by atoms with van der Waals surface area (Å²) in [4.78, 5) is 14.8. The molecule has 106 valence electrons. The Labute approximate surface area is 124 Å². The molecule has 0 amide bonds. The molecule has 3 nitrogen and oxygen atoms in total. The Morgan fingerprint density at radius 3 is 2.40 bits per heavy atom. The number of hydrogen-bond donors (Lipinski definition) is 1. The lowest BCUT2D eigenvalue weighted by Gasteiger charge is -2.06. The van der Waals surface area contributed by atoms with Crippen molar-refractivity contribution in [1.82, 2.24) is 4.98 Å². The first-order chi connectivity index (χ1) is 9.27. The van der Waals surface area contributed by atoms with Gasteiger partial charge in [0.2, 0.25) is 0 Å². The molecule has 1 N–H and O–H groups in total. The highest BCUT2D eigenvalue weighted by Crippen LogP contribution is 2.34. The third-order valence-corrected chi connectivity index (χ3v) is 4.31. The number of nitrogens with zero attached hydrogens (tertiary/aromatic N) is 1. The van der Waals surface area contributed by atoms with Gasteiger partial charge in [-0.15, -0.1) is 11.3 Å². The minimum atomic E-state index is -4.38. The summed E-state index contributed by atoms with van der Waals surface area (Å²) in [6.45, 7) is 0. The third-order valence-electron chi connectivity index (χ3n) is 2.43. The Hall–Kier alpha value is -1.41. The molecular weight excluding hydrogens is 359 g/mol. The van der Waals surface area contributed by atoms with Crippen LogP contribution in [0.25, 0.3) is 10.6 Å². The van der Waals surface area contributed by atoms with Crippen molar-refractivity contribution in [3.05, 3.63) is 39.3 Å². The molecule has 0 spiro atoms. The van der Waals surface area contributed by atoms with Gasteiger partial charge in [-0.25, -0.2) is 4.98 Å². The van der Waals surface area contributed by atoms with Gasteiger partial charge < -0.3 is 5.11 Å². The van der Waals surface area contributed by atoms with E-state index in [1.807, 2.05) is 0 Å². The van der Waals surface area contributed by atoms with Crippen molar-refractivity contribution in [3.63, 3.8) is 0 Å². The van der Waals surface area contributed by atoms with Gasteiger partial charge in [0.25, 0.3) is 0 Å². The fraction of sp³-hybridized carbons (Fsp3) is 0.167. The van der Waals surface area contributed by atoms with Gasteiger partial charge in [0.1, 0.15) is 5.01 Å². The van der Waals surface area contributed by atoms with E-state index in [0.29, 0.717) is 20.1 Å². The number of carbonyl (C=O) groups is 1. The van der Waals surface area contributed by atoms with Crippen LogP contribution in [0.3, 0.4) is 0 Å². The van der Waals surface area contributed by atoms with Crippen molar-refractivity contribution in [2.75, 3.05) is 0 Å². The monoisotopic (exact) mass is 365 g/mol. The zero-order valence-electron chi connectivity index (χ0n) is 9.74. The van der Waals surface area contributed by atoms with Gasteiger partial charge in [-0.2, -0.15) is 13.2 Å². The Morgan fingerprint density at radius 2 is 1.90 bits per heavy atom. The number of aromatic nitrogens is 1. The summed E-state index contributed by atoms with van der Waals surface area (Å²) in [5.41, 5.74) is 0.139. The molecule has 2 rings (SSSR count). The number of halogens is 4. The Bertz CT molecular complexity index is 637. The zero-order valence-corrected chi connectivity index (χ0v) is 12.1. The molecule has 0 unspecified atom stereocenters. The molecule has 0 radical (unpaired) electrons. The normalized spacial score (nSPS) is 11.6. The highest BCUT2D eigenvalue weighted by molar-refractivity contribution is 9.11. The van der Waals surface area contributed by atoms with Crippen molar-refractivity contribution in [2.45, 2.75) is 12.6 Å². The van der Waals surface area contributed by atoms with Crippen LogP contribution < -0.4 is 0 Å². The number of carboxylic acid groups (broad SMARTS) is 1. The van der Waals surface area contributed by atoms with E-state index in [1.54, 1.807) is 0 Å². The minimum Gasteiger partial charge on any atom is -0.481 e. The Kier molecular flexibility index (Phi) is 4.14. The van der Waals surface area contributed by atoms with E-state index in [1.165, 1.54) is 23.5 Å². The van der Waals surface area contributed by atoms with E-state index in [0.717, 1.165) is 12.1 Å². The van der Waals surface area contributed by atoms with Gasteiger partial charge in [0, 0.05) is 5.56 Å². The molecule has 0 aliphatic heterocycles. The van der Waals surface area contributed by atoms with Crippen LogP contribution in [0.1, 0.15) is 11.3 Å². The molecule has 0 aliphatic carbocycles. The summed E-state index contributed by atoms with van der Waals surface area (Å²) in [5.74, 6) is -1.02. The molecule has 0 saturated heterocycles. The molecular formula is C12H7BrF3NO2S. The van der Waals surface area contributed by atoms with Crippen LogP contribution in [0.5, 0.6) is 0 Å². The number of thiazole rings is 1. The summed E-state index contributed by atoms with van der Waals surface area (Å²) >= 11 is 4.39. The second kappa shape index (κ2) is 5.53. The number of benzene rings is 1. The molecule has 0 atom stereocenters. The van der Waals surface area contributed by atoms with Crippen LogP contribution in [0, 0.1) is 0 Å². The number of aliphatic carboxylic acids is 1. The van der Waals surface area contributed by atoms with Gasteiger partial charge in [-0.05, 0) is 28.1 Å². The average molecular weight is 366 g/mol. The van der Waals surface area contributed by atoms with Crippen LogP contribution in [-0.2, 0) is 17.4 Å². The summed E-state index contributed by atoms with van der Waals surface area (Å²) in [6, 6.07) is 4.58. The largest absolute Gasteiger partial charge is 0.481 e. The second-order valence-corrected chi connectivity index (χ2v) is 6.20. The van der Waals surface area contributed by atoms with Gasteiger partial charge in [0.05, 0.1) is 21.5 Å². The Balaban J connectivity index is 2.30. The maximum atomic E-state index is 12.4. The first kappa shape index (κ1) is 15.0. The lowest BCUT2D eigenvalue weighted by molar-refractivity contribution is -0.138. The summed E-state index contributed by atoms with van der Waals surface area (Å²) in [7, 11) is 0. The van der Waals surface area contributed by atoms with Gasteiger partial charge >= 0.3 is 12.1 Å². The molecule has 0 saturated carbocycles. The van der Waals surface area contributed by atoms with Crippen molar-refractivity contribution in [3.8, 4) is 10.6 Å². The van der Waals surface area contributed by atoms with E-state index in [-0.39, 0.29) is 6.42 Å². The maximum Gasteiger partial charge on any atom is 0.416 e. The van der Waals surface area contributed by atoms with Gasteiger partial charge in [0.15, 0.2) is 0 Å². The SMILES string of the molecule is O=C(O)Cc1nc(-c2ccc(C(F)(F)F)cc2)sc1Br. The third kappa shape index (κ3) is 3.37. The van der Waals surface area contributed by atoms with Gasteiger partial charge in [-0.1, -0.05) is 12.1 Å². The van der Waals surface area contributed by atoms with Crippen molar-refractivity contribution < 1.29 is 23.1 Å². The number of rotatable bonds is 3. The number of carboxylic acids is 1. The second-order valence-electron chi connectivity index (χ2n) is 3.89. The number of alkyl halides is 3. The highest BCUT2D eigenvalue weighted by atomic mass is 79.9. The lowest BCUT2D eigenvalue weighted by atomic mass is 10.1. The van der Waals surface area contributed by atoms with Crippen molar-refractivity contribution in [1.29, 1.82) is 0 Å². The van der Waals surface area contributed by atoms with E-state index in [9.17, 15) is 18.0 Å². The maximum absolute atomic E-state index is 12.4. The van der Waals surface area contributed by atoms with Crippen LogP contribution >= 0.6 is 27.3 Å². The fourth-order valence-corrected chi connectivity index (χ4v) is 3.01. The zero-order chi connectivity index (χ0) is 14.9. The van der Waals surface area contributed by atoms with Crippen LogP contribution in [-0.4, -0.2) is 16.1 Å². The molecule has 20 heavy (non-hydrogen) atoms. The van der Waals surface area contributed by atoms with Crippen molar-refractivity contribution in [2.24, 2.45) is 0 Å². The van der Waals surface area contributed by atoms with E-state index in [4.69, 9.17) is 5.11 Å². The van der Waals surface area contributed by atoms with Crippen molar-refractivity contribution >= 4 is 33.2 Å². The van der Waals surface area contributed by atoms with E-state index in [2.05, 4.69) is 20.9 Å². The molecule has 8 heteroatoms.